The zero-order valence-electron chi connectivity index (χ0n) is 11.5. The van der Waals surface area contributed by atoms with E-state index in [2.05, 4.69) is 25.2 Å². The standard InChI is InChI=1S/C16H25NO/c1-3-13-7-4-5-10-16(13)17-12(2)14-8-6-9-15(18)11-14/h6,8-9,11-13,16-18H,3-5,7,10H2,1-2H3. The van der Waals surface area contributed by atoms with Crippen LogP contribution in [0.25, 0.3) is 0 Å². The van der Waals surface area contributed by atoms with Crippen molar-refractivity contribution >= 4 is 0 Å². The first kappa shape index (κ1) is 13.4. The van der Waals surface area contributed by atoms with E-state index in [4.69, 9.17) is 0 Å². The van der Waals surface area contributed by atoms with Crippen LogP contribution < -0.4 is 5.32 Å². The van der Waals surface area contributed by atoms with Crippen molar-refractivity contribution in [3.05, 3.63) is 29.8 Å². The molecule has 3 unspecified atom stereocenters. The molecular weight excluding hydrogens is 222 g/mol. The van der Waals surface area contributed by atoms with Crippen LogP contribution in [0.5, 0.6) is 5.75 Å². The van der Waals surface area contributed by atoms with Crippen molar-refractivity contribution in [3.63, 3.8) is 0 Å². The van der Waals surface area contributed by atoms with Gasteiger partial charge in [-0.25, -0.2) is 0 Å². The van der Waals surface area contributed by atoms with Gasteiger partial charge in [0.25, 0.3) is 0 Å². The highest BCUT2D eigenvalue weighted by molar-refractivity contribution is 5.29. The van der Waals surface area contributed by atoms with Crippen molar-refractivity contribution in [2.45, 2.75) is 58.0 Å². The summed E-state index contributed by atoms with van der Waals surface area (Å²) in [5, 5.41) is 13.3. The number of phenols is 1. The molecule has 0 bridgehead atoms. The van der Waals surface area contributed by atoms with Crippen molar-refractivity contribution in [2.75, 3.05) is 0 Å². The lowest BCUT2D eigenvalue weighted by Gasteiger charge is -2.34. The largest absolute Gasteiger partial charge is 0.508 e. The fourth-order valence-electron chi connectivity index (χ4n) is 3.13. The fraction of sp³-hybridized carbons (Fsp3) is 0.625. The van der Waals surface area contributed by atoms with Gasteiger partial charge in [0.05, 0.1) is 0 Å². The van der Waals surface area contributed by atoms with Crippen LogP contribution in [0.3, 0.4) is 0 Å². The van der Waals surface area contributed by atoms with Gasteiger partial charge in [0, 0.05) is 12.1 Å². The highest BCUT2D eigenvalue weighted by Gasteiger charge is 2.24. The van der Waals surface area contributed by atoms with Crippen LogP contribution in [0.1, 0.15) is 57.6 Å². The maximum Gasteiger partial charge on any atom is 0.115 e. The van der Waals surface area contributed by atoms with Crippen molar-refractivity contribution < 1.29 is 5.11 Å². The molecular formula is C16H25NO. The summed E-state index contributed by atoms with van der Waals surface area (Å²) in [6.45, 7) is 4.49. The third-order valence-electron chi connectivity index (χ3n) is 4.27. The van der Waals surface area contributed by atoms with E-state index in [0.717, 1.165) is 5.92 Å². The third kappa shape index (κ3) is 3.26. The van der Waals surface area contributed by atoms with Crippen molar-refractivity contribution in [1.82, 2.24) is 5.32 Å². The van der Waals surface area contributed by atoms with Gasteiger partial charge < -0.3 is 10.4 Å². The van der Waals surface area contributed by atoms with E-state index in [-0.39, 0.29) is 0 Å². The van der Waals surface area contributed by atoms with Crippen molar-refractivity contribution in [2.24, 2.45) is 5.92 Å². The molecule has 2 nitrogen and oxygen atoms in total. The van der Waals surface area contributed by atoms with E-state index in [0.29, 0.717) is 17.8 Å². The fourth-order valence-corrected chi connectivity index (χ4v) is 3.13. The summed E-state index contributed by atoms with van der Waals surface area (Å²) in [7, 11) is 0. The van der Waals surface area contributed by atoms with Gasteiger partial charge in [0.2, 0.25) is 0 Å². The molecule has 0 heterocycles. The van der Waals surface area contributed by atoms with Gasteiger partial charge in [-0.2, -0.15) is 0 Å². The normalized spacial score (nSPS) is 25.9. The third-order valence-corrected chi connectivity index (χ3v) is 4.27. The lowest BCUT2D eigenvalue weighted by molar-refractivity contribution is 0.240. The summed E-state index contributed by atoms with van der Waals surface area (Å²) >= 11 is 0. The Kier molecular flexibility index (Phi) is 4.65. The molecule has 1 saturated carbocycles. The topological polar surface area (TPSA) is 32.3 Å². The molecule has 2 N–H and O–H groups in total. The highest BCUT2D eigenvalue weighted by atomic mass is 16.3. The predicted molar refractivity (Wildman–Crippen MR) is 75.7 cm³/mol. The molecule has 1 fully saturated rings. The Morgan fingerprint density at radius 1 is 1.33 bits per heavy atom. The van der Waals surface area contributed by atoms with E-state index in [1.807, 2.05) is 12.1 Å². The average molecular weight is 247 g/mol. The second-order valence-corrected chi connectivity index (χ2v) is 5.54. The van der Waals surface area contributed by atoms with Crippen LogP contribution in [-0.4, -0.2) is 11.1 Å². The van der Waals surface area contributed by atoms with Gasteiger partial charge in [-0.15, -0.1) is 0 Å². The molecule has 100 valence electrons. The molecule has 1 aromatic carbocycles. The molecule has 1 aromatic rings. The molecule has 1 aliphatic carbocycles. The maximum absolute atomic E-state index is 9.54. The SMILES string of the molecule is CCC1CCCCC1NC(C)c1cccc(O)c1. The lowest BCUT2D eigenvalue weighted by Crippen LogP contribution is -2.39. The Morgan fingerprint density at radius 3 is 2.83 bits per heavy atom. The Morgan fingerprint density at radius 2 is 2.11 bits per heavy atom. The number of benzene rings is 1. The van der Waals surface area contributed by atoms with Crippen LogP contribution in [0.15, 0.2) is 24.3 Å². The summed E-state index contributed by atoms with van der Waals surface area (Å²) in [5.41, 5.74) is 1.18. The summed E-state index contributed by atoms with van der Waals surface area (Å²) in [4.78, 5) is 0. The minimum Gasteiger partial charge on any atom is -0.508 e. The van der Waals surface area contributed by atoms with Crippen LogP contribution in [-0.2, 0) is 0 Å². The Balaban J connectivity index is 1.99. The minimum absolute atomic E-state index is 0.314. The molecule has 3 atom stereocenters. The van der Waals surface area contributed by atoms with Crippen molar-refractivity contribution in [1.29, 1.82) is 0 Å². The van der Waals surface area contributed by atoms with Crippen LogP contribution in [0.2, 0.25) is 0 Å². The van der Waals surface area contributed by atoms with E-state index < -0.39 is 0 Å². The molecule has 1 aliphatic rings. The van der Waals surface area contributed by atoms with E-state index in [1.165, 1.54) is 37.7 Å². The quantitative estimate of drug-likeness (QED) is 0.842. The van der Waals surface area contributed by atoms with Gasteiger partial charge in [-0.3, -0.25) is 0 Å². The monoisotopic (exact) mass is 247 g/mol. The molecule has 0 radical (unpaired) electrons. The molecule has 2 heteroatoms. The van der Waals surface area contributed by atoms with Crippen LogP contribution in [0.4, 0.5) is 0 Å². The van der Waals surface area contributed by atoms with Gasteiger partial charge in [0.1, 0.15) is 5.75 Å². The first-order chi connectivity index (χ1) is 8.70. The Bertz CT molecular complexity index is 377. The van der Waals surface area contributed by atoms with Gasteiger partial charge in [-0.1, -0.05) is 38.3 Å². The van der Waals surface area contributed by atoms with Crippen LogP contribution >= 0.6 is 0 Å². The second-order valence-electron chi connectivity index (χ2n) is 5.54. The number of phenolic OH excluding ortho intramolecular Hbond substituents is 1. The Labute approximate surface area is 110 Å². The zero-order chi connectivity index (χ0) is 13.0. The summed E-state index contributed by atoms with van der Waals surface area (Å²) in [6, 6.07) is 8.55. The zero-order valence-corrected chi connectivity index (χ0v) is 11.5. The average Bonchev–Trinajstić information content (AvgIpc) is 2.39. The number of hydrogen-bond donors (Lipinski definition) is 2. The van der Waals surface area contributed by atoms with Crippen LogP contribution in [0, 0.1) is 5.92 Å². The Hall–Kier alpha value is -1.02. The molecule has 2 rings (SSSR count). The number of aromatic hydroxyl groups is 1. The maximum atomic E-state index is 9.54. The molecule has 18 heavy (non-hydrogen) atoms. The summed E-state index contributed by atoms with van der Waals surface area (Å²) in [5.74, 6) is 1.18. The molecule has 0 aromatic heterocycles. The first-order valence-electron chi connectivity index (χ1n) is 7.25. The van der Waals surface area contributed by atoms with E-state index in [1.54, 1.807) is 6.07 Å². The second kappa shape index (κ2) is 6.24. The number of nitrogens with one attached hydrogen (secondary N) is 1. The highest BCUT2D eigenvalue weighted by Crippen LogP contribution is 2.29. The molecule has 0 saturated heterocycles. The molecule has 0 aliphatic heterocycles. The first-order valence-corrected chi connectivity index (χ1v) is 7.25. The van der Waals surface area contributed by atoms with Crippen molar-refractivity contribution in [3.8, 4) is 5.75 Å². The minimum atomic E-state index is 0.314. The summed E-state index contributed by atoms with van der Waals surface area (Å²) in [6.07, 6.45) is 6.66. The van der Waals surface area contributed by atoms with Gasteiger partial charge >= 0.3 is 0 Å². The van der Waals surface area contributed by atoms with E-state index in [9.17, 15) is 5.11 Å². The molecule has 0 spiro atoms. The summed E-state index contributed by atoms with van der Waals surface area (Å²) < 4.78 is 0. The smallest absolute Gasteiger partial charge is 0.115 e. The number of rotatable bonds is 4. The lowest BCUT2D eigenvalue weighted by atomic mass is 9.82. The predicted octanol–water partition coefficient (Wildman–Crippen LogP) is 4.01. The number of hydrogen-bond acceptors (Lipinski definition) is 2. The van der Waals surface area contributed by atoms with Gasteiger partial charge in [0.15, 0.2) is 0 Å². The van der Waals surface area contributed by atoms with Gasteiger partial charge in [-0.05, 0) is 43.4 Å². The van der Waals surface area contributed by atoms with E-state index >= 15 is 0 Å². The molecule has 0 amide bonds.